The molecule has 0 unspecified atom stereocenters. The molecule has 1 heterocycles. The zero-order chi connectivity index (χ0) is 6.97. The summed E-state index contributed by atoms with van der Waals surface area (Å²) in [6.07, 6.45) is 0. The van der Waals surface area contributed by atoms with Crippen molar-refractivity contribution in [1.82, 2.24) is 5.16 Å². The molecule has 52 valence electrons. The summed E-state index contributed by atoms with van der Waals surface area (Å²) in [4.78, 5) is 0. The molecule has 2 aromatic rings. The summed E-state index contributed by atoms with van der Waals surface area (Å²) >= 11 is 0. The van der Waals surface area contributed by atoms with E-state index in [1.54, 1.807) is 0 Å². The predicted octanol–water partition coefficient (Wildman–Crippen LogP) is 1.49. The Bertz CT molecular complexity index is 356. The monoisotopic (exact) mass is 157 g/mol. The van der Waals surface area contributed by atoms with Crippen LogP contribution in [-0.4, -0.2) is 34.7 Å². The summed E-state index contributed by atoms with van der Waals surface area (Å²) in [5.41, 5.74) is 0.931. The first-order valence-corrected chi connectivity index (χ1v) is 3.19. The maximum atomic E-state index is 4.96. The molecule has 0 aliphatic heterocycles. The second-order valence-corrected chi connectivity index (χ2v) is 2.26. The summed E-state index contributed by atoms with van der Waals surface area (Å²) in [5.74, 6) is 0.885. The number of hydrogen-bond acceptors (Lipinski definition) is 2. The molecule has 1 aromatic carbocycles. The average Bonchev–Trinajstić information content (AvgIpc) is 2.34. The maximum absolute atomic E-state index is 4.96. The first kappa shape index (κ1) is 8.78. The van der Waals surface area contributed by atoms with Crippen LogP contribution >= 0.6 is 0 Å². The van der Waals surface area contributed by atoms with Crippen molar-refractivity contribution >= 4 is 40.5 Å². The second-order valence-electron chi connectivity index (χ2n) is 2.26. The molecule has 0 N–H and O–H groups in total. The van der Waals surface area contributed by atoms with E-state index in [1.165, 1.54) is 0 Å². The molecule has 0 aliphatic rings. The zero-order valence-corrected chi connectivity index (χ0v) is 5.66. The molecule has 1 aromatic heterocycles. The molecular formula is C8H8NNaO. The fourth-order valence-electron chi connectivity index (χ4n) is 1.02. The Hall–Kier alpha value is -0.310. The van der Waals surface area contributed by atoms with Crippen LogP contribution in [0.4, 0.5) is 0 Å². The van der Waals surface area contributed by atoms with Crippen LogP contribution in [0.5, 0.6) is 0 Å². The molecule has 0 atom stereocenters. The van der Waals surface area contributed by atoms with Gasteiger partial charge in [0.05, 0.1) is 0 Å². The summed E-state index contributed by atoms with van der Waals surface area (Å²) in [6, 6.07) is 7.86. The van der Waals surface area contributed by atoms with Gasteiger partial charge < -0.3 is 4.52 Å². The van der Waals surface area contributed by atoms with Crippen molar-refractivity contribution in [1.29, 1.82) is 0 Å². The van der Waals surface area contributed by atoms with E-state index in [2.05, 4.69) is 5.16 Å². The molecule has 2 nitrogen and oxygen atoms in total. The Morgan fingerprint density at radius 2 is 2.00 bits per heavy atom. The van der Waals surface area contributed by atoms with Gasteiger partial charge in [0.2, 0.25) is 0 Å². The normalized spacial score (nSPS) is 9.55. The number of rotatable bonds is 0. The quantitative estimate of drug-likeness (QED) is 0.541. The molecule has 3 heteroatoms. The standard InChI is InChI=1S/C8H7NO.Na.H/c1-6-7-4-2-3-5-8(7)9-10-6;;/h2-5H,1H3;;. The van der Waals surface area contributed by atoms with Gasteiger partial charge >= 0.3 is 29.6 Å². The van der Waals surface area contributed by atoms with Crippen molar-refractivity contribution in [3.63, 3.8) is 0 Å². The van der Waals surface area contributed by atoms with E-state index in [1.807, 2.05) is 31.2 Å². The fraction of sp³-hybridized carbons (Fsp3) is 0.125. The molecule has 0 fully saturated rings. The van der Waals surface area contributed by atoms with Crippen molar-refractivity contribution in [2.45, 2.75) is 6.92 Å². The van der Waals surface area contributed by atoms with Crippen molar-refractivity contribution < 1.29 is 4.52 Å². The van der Waals surface area contributed by atoms with Gasteiger partial charge in [-0.2, -0.15) is 0 Å². The Morgan fingerprint density at radius 3 is 2.73 bits per heavy atom. The number of hydrogen-bond donors (Lipinski definition) is 0. The number of nitrogens with zero attached hydrogens (tertiary/aromatic N) is 1. The average molecular weight is 157 g/mol. The number of aromatic nitrogens is 1. The third-order valence-corrected chi connectivity index (χ3v) is 1.56. The third kappa shape index (κ3) is 1.48. The van der Waals surface area contributed by atoms with Crippen LogP contribution in [0.1, 0.15) is 5.76 Å². The van der Waals surface area contributed by atoms with Gasteiger partial charge in [-0.3, -0.25) is 0 Å². The molecular weight excluding hydrogens is 149 g/mol. The van der Waals surface area contributed by atoms with Gasteiger partial charge in [-0.15, -0.1) is 0 Å². The number of aryl methyl sites for hydroxylation is 1. The molecule has 0 saturated heterocycles. The van der Waals surface area contributed by atoms with Crippen LogP contribution in [0.2, 0.25) is 0 Å². The second kappa shape index (κ2) is 3.39. The van der Waals surface area contributed by atoms with Gasteiger partial charge in [-0.1, -0.05) is 17.3 Å². The summed E-state index contributed by atoms with van der Waals surface area (Å²) < 4.78 is 4.96. The molecule has 0 aliphatic carbocycles. The summed E-state index contributed by atoms with van der Waals surface area (Å²) in [7, 11) is 0. The minimum absolute atomic E-state index is 0. The van der Waals surface area contributed by atoms with Crippen LogP contribution in [-0.2, 0) is 0 Å². The topological polar surface area (TPSA) is 26.0 Å². The van der Waals surface area contributed by atoms with Gasteiger partial charge in [0.15, 0.2) is 0 Å². The Balaban J connectivity index is 0.000000605. The first-order valence-electron chi connectivity index (χ1n) is 3.19. The Labute approximate surface area is 86.9 Å². The third-order valence-electron chi connectivity index (χ3n) is 1.56. The van der Waals surface area contributed by atoms with E-state index in [-0.39, 0.29) is 29.6 Å². The predicted molar refractivity (Wildman–Crippen MR) is 45.9 cm³/mol. The first-order chi connectivity index (χ1) is 4.88. The minimum atomic E-state index is 0. The fourth-order valence-corrected chi connectivity index (χ4v) is 1.02. The van der Waals surface area contributed by atoms with Crippen LogP contribution in [0.3, 0.4) is 0 Å². The van der Waals surface area contributed by atoms with E-state index in [4.69, 9.17) is 4.52 Å². The SMILES string of the molecule is Cc1onc2ccccc12.[NaH]. The van der Waals surface area contributed by atoms with Gasteiger partial charge in [0.25, 0.3) is 0 Å². The van der Waals surface area contributed by atoms with Gasteiger partial charge in [-0.25, -0.2) is 0 Å². The van der Waals surface area contributed by atoms with Gasteiger partial charge in [0.1, 0.15) is 11.3 Å². The van der Waals surface area contributed by atoms with Gasteiger partial charge in [-0.05, 0) is 19.1 Å². The molecule has 11 heavy (non-hydrogen) atoms. The van der Waals surface area contributed by atoms with Crippen molar-refractivity contribution in [2.24, 2.45) is 0 Å². The Morgan fingerprint density at radius 1 is 1.27 bits per heavy atom. The Kier molecular flexibility index (Phi) is 2.71. The van der Waals surface area contributed by atoms with Crippen molar-refractivity contribution in [3.05, 3.63) is 30.0 Å². The van der Waals surface area contributed by atoms with Crippen LogP contribution in [0.25, 0.3) is 10.9 Å². The molecule has 0 amide bonds. The van der Waals surface area contributed by atoms with Crippen molar-refractivity contribution in [3.8, 4) is 0 Å². The van der Waals surface area contributed by atoms with Crippen LogP contribution in [0.15, 0.2) is 28.8 Å². The molecule has 0 spiro atoms. The van der Waals surface area contributed by atoms with Crippen LogP contribution < -0.4 is 0 Å². The van der Waals surface area contributed by atoms with E-state index >= 15 is 0 Å². The van der Waals surface area contributed by atoms with E-state index < -0.39 is 0 Å². The summed E-state index contributed by atoms with van der Waals surface area (Å²) in [6.45, 7) is 1.91. The number of benzene rings is 1. The number of fused-ring (bicyclic) bond motifs is 1. The molecule has 0 bridgehead atoms. The van der Waals surface area contributed by atoms with E-state index in [0.717, 1.165) is 16.7 Å². The van der Waals surface area contributed by atoms with E-state index in [0.29, 0.717) is 0 Å². The van der Waals surface area contributed by atoms with Gasteiger partial charge in [0, 0.05) is 5.39 Å². The van der Waals surface area contributed by atoms with Crippen molar-refractivity contribution in [2.75, 3.05) is 0 Å². The zero-order valence-electron chi connectivity index (χ0n) is 5.66. The molecule has 2 rings (SSSR count). The molecule has 0 radical (unpaired) electrons. The summed E-state index contributed by atoms with van der Waals surface area (Å²) in [5, 5.41) is 4.94. The molecule has 0 saturated carbocycles. The van der Waals surface area contributed by atoms with Crippen LogP contribution in [0, 0.1) is 6.92 Å². The van der Waals surface area contributed by atoms with E-state index in [9.17, 15) is 0 Å².